The SMILES string of the molecule is C=C(C)[C@H]1C/C=C(/C)CC/C(C(=O)O)=C(/C)CC1. The lowest BCUT2D eigenvalue weighted by atomic mass is 9.87. The van der Waals surface area contributed by atoms with E-state index in [2.05, 4.69) is 26.5 Å². The summed E-state index contributed by atoms with van der Waals surface area (Å²) in [5.41, 5.74) is 4.12. The lowest BCUT2D eigenvalue weighted by Crippen LogP contribution is -2.08. The quantitative estimate of drug-likeness (QED) is 0.731. The Morgan fingerprint density at radius 2 is 2.00 bits per heavy atom. The molecule has 100 valence electrons. The summed E-state index contributed by atoms with van der Waals surface area (Å²) in [6.45, 7) is 10.2. The molecule has 0 bridgehead atoms. The molecule has 0 radical (unpaired) electrons. The first kappa shape index (κ1) is 14.7. The molecule has 2 nitrogen and oxygen atoms in total. The Bertz CT molecular complexity index is 399. The van der Waals surface area contributed by atoms with E-state index in [9.17, 15) is 9.90 Å². The van der Waals surface area contributed by atoms with Crippen LogP contribution in [0.3, 0.4) is 0 Å². The second-order valence-electron chi connectivity index (χ2n) is 5.43. The fourth-order valence-electron chi connectivity index (χ4n) is 2.38. The molecule has 0 aliphatic heterocycles. The molecule has 0 heterocycles. The first-order valence-corrected chi connectivity index (χ1v) is 6.64. The first-order chi connectivity index (χ1) is 8.41. The van der Waals surface area contributed by atoms with Crippen molar-refractivity contribution in [3.63, 3.8) is 0 Å². The van der Waals surface area contributed by atoms with Gasteiger partial charge in [0.05, 0.1) is 0 Å². The minimum Gasteiger partial charge on any atom is -0.478 e. The summed E-state index contributed by atoms with van der Waals surface area (Å²) >= 11 is 0. The fourth-order valence-corrected chi connectivity index (χ4v) is 2.38. The third-order valence-corrected chi connectivity index (χ3v) is 3.86. The Balaban J connectivity index is 2.95. The number of hydrogen-bond acceptors (Lipinski definition) is 1. The third-order valence-electron chi connectivity index (χ3n) is 3.86. The van der Waals surface area contributed by atoms with Gasteiger partial charge in [-0.1, -0.05) is 29.4 Å². The van der Waals surface area contributed by atoms with E-state index in [0.29, 0.717) is 17.9 Å². The van der Waals surface area contributed by atoms with Gasteiger partial charge in [-0.15, -0.1) is 0 Å². The highest BCUT2D eigenvalue weighted by Gasteiger charge is 2.15. The van der Waals surface area contributed by atoms with Crippen LogP contribution in [0.15, 0.2) is 34.9 Å². The van der Waals surface area contributed by atoms with E-state index in [4.69, 9.17) is 0 Å². The van der Waals surface area contributed by atoms with Gasteiger partial charge in [-0.3, -0.25) is 0 Å². The summed E-state index contributed by atoms with van der Waals surface area (Å²) in [5, 5.41) is 9.25. The van der Waals surface area contributed by atoms with Crippen LogP contribution in [0.5, 0.6) is 0 Å². The van der Waals surface area contributed by atoms with E-state index in [0.717, 1.165) is 31.3 Å². The maximum Gasteiger partial charge on any atom is 0.331 e. The predicted molar refractivity (Wildman–Crippen MR) is 75.5 cm³/mol. The van der Waals surface area contributed by atoms with Crippen molar-refractivity contribution in [3.05, 3.63) is 34.9 Å². The Morgan fingerprint density at radius 1 is 1.33 bits per heavy atom. The maximum atomic E-state index is 11.3. The van der Waals surface area contributed by atoms with Gasteiger partial charge in [0, 0.05) is 5.57 Å². The van der Waals surface area contributed by atoms with Crippen LogP contribution in [0, 0.1) is 5.92 Å². The molecule has 1 N–H and O–H groups in total. The highest BCUT2D eigenvalue weighted by atomic mass is 16.4. The van der Waals surface area contributed by atoms with Crippen LogP contribution in [0.4, 0.5) is 0 Å². The number of aliphatic carboxylic acids is 1. The molecule has 0 fully saturated rings. The molecule has 18 heavy (non-hydrogen) atoms. The molecule has 0 unspecified atom stereocenters. The lowest BCUT2D eigenvalue weighted by Gasteiger charge is -2.18. The van der Waals surface area contributed by atoms with Crippen molar-refractivity contribution in [2.24, 2.45) is 5.92 Å². The standard InChI is InChI=1S/C16H24O2/c1-11(2)14-8-5-12(3)6-10-15(16(17)18)13(4)7-9-14/h5,14H,1,6-10H2,2-4H3,(H,17,18)/b12-5-,15-13+/t14-/m0/s1. The summed E-state index contributed by atoms with van der Waals surface area (Å²) in [7, 11) is 0. The molecule has 0 spiro atoms. The van der Waals surface area contributed by atoms with E-state index in [1.54, 1.807) is 0 Å². The number of rotatable bonds is 2. The van der Waals surface area contributed by atoms with Crippen LogP contribution in [0.25, 0.3) is 0 Å². The zero-order chi connectivity index (χ0) is 13.7. The molecule has 0 aromatic rings. The van der Waals surface area contributed by atoms with Gasteiger partial charge in [0.25, 0.3) is 0 Å². The molecule has 0 aromatic heterocycles. The molecule has 0 amide bonds. The van der Waals surface area contributed by atoms with E-state index >= 15 is 0 Å². The van der Waals surface area contributed by atoms with Crippen molar-refractivity contribution in [1.82, 2.24) is 0 Å². The Kier molecular flexibility index (Phi) is 5.39. The van der Waals surface area contributed by atoms with E-state index in [1.165, 1.54) is 11.1 Å². The van der Waals surface area contributed by atoms with Gasteiger partial charge < -0.3 is 5.11 Å². The Morgan fingerprint density at radius 3 is 2.56 bits per heavy atom. The molecule has 0 saturated carbocycles. The van der Waals surface area contributed by atoms with Gasteiger partial charge in [0.2, 0.25) is 0 Å². The molecule has 1 rings (SSSR count). The monoisotopic (exact) mass is 248 g/mol. The van der Waals surface area contributed by atoms with Gasteiger partial charge >= 0.3 is 5.97 Å². The van der Waals surface area contributed by atoms with Crippen LogP contribution in [-0.2, 0) is 4.79 Å². The van der Waals surface area contributed by atoms with Crippen molar-refractivity contribution in [1.29, 1.82) is 0 Å². The normalized spacial score (nSPS) is 29.3. The largest absolute Gasteiger partial charge is 0.478 e. The Hall–Kier alpha value is -1.31. The van der Waals surface area contributed by atoms with Crippen LogP contribution >= 0.6 is 0 Å². The van der Waals surface area contributed by atoms with Crippen molar-refractivity contribution < 1.29 is 9.90 Å². The van der Waals surface area contributed by atoms with Crippen LogP contribution in [0.1, 0.15) is 52.9 Å². The summed E-state index contributed by atoms with van der Waals surface area (Å²) in [6.07, 6.45) is 6.66. The summed E-state index contributed by atoms with van der Waals surface area (Å²) in [5.74, 6) is -0.282. The van der Waals surface area contributed by atoms with Crippen molar-refractivity contribution >= 4 is 5.97 Å². The van der Waals surface area contributed by atoms with Gasteiger partial charge in [0.1, 0.15) is 0 Å². The van der Waals surface area contributed by atoms with E-state index in [1.807, 2.05) is 6.92 Å². The van der Waals surface area contributed by atoms with Crippen molar-refractivity contribution in [3.8, 4) is 0 Å². The summed E-state index contributed by atoms with van der Waals surface area (Å²) in [4.78, 5) is 11.3. The van der Waals surface area contributed by atoms with Crippen LogP contribution < -0.4 is 0 Å². The smallest absolute Gasteiger partial charge is 0.331 e. The molecular weight excluding hydrogens is 224 g/mol. The third kappa shape index (κ3) is 4.17. The van der Waals surface area contributed by atoms with Gasteiger partial charge in [-0.05, 0) is 58.8 Å². The second-order valence-corrected chi connectivity index (χ2v) is 5.43. The molecular formula is C16H24O2. The average Bonchev–Trinajstić information content (AvgIpc) is 2.27. The number of carboxylic acid groups (broad SMARTS) is 1. The summed E-state index contributed by atoms with van der Waals surface area (Å²) in [6, 6.07) is 0. The zero-order valence-corrected chi connectivity index (χ0v) is 11.8. The minimum atomic E-state index is -0.757. The molecule has 1 atom stereocenters. The van der Waals surface area contributed by atoms with Crippen molar-refractivity contribution in [2.45, 2.75) is 52.9 Å². The highest BCUT2D eigenvalue weighted by Crippen LogP contribution is 2.28. The second kappa shape index (κ2) is 6.58. The lowest BCUT2D eigenvalue weighted by molar-refractivity contribution is -0.132. The van der Waals surface area contributed by atoms with Crippen LogP contribution in [-0.4, -0.2) is 11.1 Å². The van der Waals surface area contributed by atoms with Crippen LogP contribution in [0.2, 0.25) is 0 Å². The summed E-state index contributed by atoms with van der Waals surface area (Å²) < 4.78 is 0. The van der Waals surface area contributed by atoms with Gasteiger partial charge in [-0.25, -0.2) is 4.79 Å². The van der Waals surface area contributed by atoms with Gasteiger partial charge in [-0.2, -0.15) is 0 Å². The number of carboxylic acids is 1. The highest BCUT2D eigenvalue weighted by molar-refractivity contribution is 5.87. The van der Waals surface area contributed by atoms with Gasteiger partial charge in [0.15, 0.2) is 0 Å². The number of hydrogen-bond donors (Lipinski definition) is 1. The zero-order valence-electron chi connectivity index (χ0n) is 11.8. The maximum absolute atomic E-state index is 11.3. The van der Waals surface area contributed by atoms with E-state index in [-0.39, 0.29) is 0 Å². The molecule has 0 saturated heterocycles. The molecule has 2 heteroatoms. The topological polar surface area (TPSA) is 37.3 Å². The first-order valence-electron chi connectivity index (χ1n) is 6.64. The minimum absolute atomic E-state index is 0.475. The van der Waals surface area contributed by atoms with Crippen molar-refractivity contribution in [2.75, 3.05) is 0 Å². The molecule has 1 aliphatic carbocycles. The number of allylic oxidation sites excluding steroid dienone is 4. The average molecular weight is 248 g/mol. The predicted octanol–water partition coefficient (Wildman–Crippen LogP) is 4.49. The molecule has 0 aromatic carbocycles. The Labute approximate surface area is 110 Å². The number of carbonyl (C=O) groups is 1. The fraction of sp³-hybridized carbons (Fsp3) is 0.562. The molecule has 1 aliphatic rings. The van der Waals surface area contributed by atoms with E-state index < -0.39 is 5.97 Å².